The first-order valence-electron chi connectivity index (χ1n) is 4.83. The molecule has 1 aromatic heterocycles. The van der Waals surface area contributed by atoms with Gasteiger partial charge >= 0.3 is 0 Å². The van der Waals surface area contributed by atoms with Crippen LogP contribution in [-0.4, -0.2) is 9.55 Å². The number of imidazole rings is 1. The van der Waals surface area contributed by atoms with Gasteiger partial charge in [0.2, 0.25) is 0 Å². The third-order valence-electron chi connectivity index (χ3n) is 2.30. The topological polar surface area (TPSA) is 43.8 Å². The largest absolute Gasteiger partial charge is 0.323 e. The van der Waals surface area contributed by atoms with Crippen molar-refractivity contribution in [2.24, 2.45) is 5.73 Å². The molecule has 0 bridgehead atoms. The van der Waals surface area contributed by atoms with Crippen LogP contribution in [0.1, 0.15) is 18.7 Å². The summed E-state index contributed by atoms with van der Waals surface area (Å²) in [4.78, 5) is 4.05. The fourth-order valence-corrected chi connectivity index (χ4v) is 2.06. The van der Waals surface area contributed by atoms with E-state index in [1.165, 1.54) is 12.1 Å². The zero-order valence-corrected chi connectivity index (χ0v) is 10.3. The van der Waals surface area contributed by atoms with Gasteiger partial charge in [0.25, 0.3) is 0 Å². The quantitative estimate of drug-likeness (QED) is 0.921. The molecule has 3 nitrogen and oxygen atoms in total. The Morgan fingerprint density at radius 1 is 1.50 bits per heavy atom. The summed E-state index contributed by atoms with van der Waals surface area (Å²) in [6.45, 7) is 1.88. The van der Waals surface area contributed by atoms with Crippen LogP contribution >= 0.6 is 15.9 Å². The molecule has 0 spiro atoms. The smallest absolute Gasteiger partial charge is 0.124 e. The second kappa shape index (κ2) is 4.35. The maximum Gasteiger partial charge on any atom is 0.124 e. The third-order valence-corrected chi connectivity index (χ3v) is 2.94. The Hall–Kier alpha value is -1.20. The van der Waals surface area contributed by atoms with E-state index < -0.39 is 0 Å². The molecular weight excluding hydrogens is 273 g/mol. The number of nitrogens with zero attached hydrogens (tertiary/aromatic N) is 2. The highest BCUT2D eigenvalue weighted by molar-refractivity contribution is 9.10. The Morgan fingerprint density at radius 2 is 2.25 bits per heavy atom. The van der Waals surface area contributed by atoms with E-state index in [9.17, 15) is 4.39 Å². The van der Waals surface area contributed by atoms with Gasteiger partial charge in [0.15, 0.2) is 0 Å². The van der Waals surface area contributed by atoms with Crippen molar-refractivity contribution in [2.75, 3.05) is 0 Å². The highest BCUT2D eigenvalue weighted by atomic mass is 79.9. The molecule has 2 rings (SSSR count). The highest BCUT2D eigenvalue weighted by Crippen LogP contribution is 2.24. The normalized spacial score (nSPS) is 12.8. The molecule has 1 heterocycles. The van der Waals surface area contributed by atoms with Crippen LogP contribution < -0.4 is 5.73 Å². The SMILES string of the molecule is C[C@H](N)c1cncn1-c1ccc(F)cc1Br. The molecule has 84 valence electrons. The second-order valence-electron chi connectivity index (χ2n) is 3.57. The van der Waals surface area contributed by atoms with Crippen LogP contribution in [-0.2, 0) is 0 Å². The van der Waals surface area contributed by atoms with E-state index in [0.717, 1.165) is 11.4 Å². The van der Waals surface area contributed by atoms with E-state index in [1.54, 1.807) is 18.6 Å². The van der Waals surface area contributed by atoms with Gasteiger partial charge in [-0.05, 0) is 41.1 Å². The minimum absolute atomic E-state index is 0.126. The number of benzene rings is 1. The summed E-state index contributed by atoms with van der Waals surface area (Å²) in [5.74, 6) is -0.280. The van der Waals surface area contributed by atoms with Gasteiger partial charge in [-0.1, -0.05) is 0 Å². The maximum absolute atomic E-state index is 13.0. The average Bonchev–Trinajstić information content (AvgIpc) is 2.66. The van der Waals surface area contributed by atoms with Crippen LogP contribution in [0.5, 0.6) is 0 Å². The van der Waals surface area contributed by atoms with E-state index >= 15 is 0 Å². The lowest BCUT2D eigenvalue weighted by molar-refractivity contribution is 0.626. The predicted octanol–water partition coefficient (Wildman–Crippen LogP) is 2.79. The van der Waals surface area contributed by atoms with E-state index in [-0.39, 0.29) is 11.9 Å². The number of hydrogen-bond donors (Lipinski definition) is 1. The van der Waals surface area contributed by atoms with Gasteiger partial charge in [-0.25, -0.2) is 9.37 Å². The summed E-state index contributed by atoms with van der Waals surface area (Å²) >= 11 is 3.32. The van der Waals surface area contributed by atoms with E-state index in [2.05, 4.69) is 20.9 Å². The van der Waals surface area contributed by atoms with Gasteiger partial charge < -0.3 is 10.3 Å². The Bertz CT molecular complexity index is 508. The minimum atomic E-state index is -0.280. The monoisotopic (exact) mass is 283 g/mol. The average molecular weight is 284 g/mol. The predicted molar refractivity (Wildman–Crippen MR) is 63.8 cm³/mol. The fraction of sp³-hybridized carbons (Fsp3) is 0.182. The summed E-state index contributed by atoms with van der Waals surface area (Å²) in [5, 5.41) is 0. The van der Waals surface area contributed by atoms with Crippen LogP contribution in [0.2, 0.25) is 0 Å². The molecule has 0 amide bonds. The number of nitrogens with two attached hydrogens (primary N) is 1. The van der Waals surface area contributed by atoms with Crippen molar-refractivity contribution in [3.8, 4) is 5.69 Å². The molecule has 16 heavy (non-hydrogen) atoms. The molecule has 1 atom stereocenters. The summed E-state index contributed by atoms with van der Waals surface area (Å²) in [6.07, 6.45) is 3.37. The van der Waals surface area contributed by atoms with Gasteiger partial charge in [-0.2, -0.15) is 0 Å². The second-order valence-corrected chi connectivity index (χ2v) is 4.43. The van der Waals surface area contributed by atoms with Crippen molar-refractivity contribution in [2.45, 2.75) is 13.0 Å². The lowest BCUT2D eigenvalue weighted by Crippen LogP contribution is -2.10. The van der Waals surface area contributed by atoms with Gasteiger partial charge in [0, 0.05) is 10.5 Å². The molecule has 0 saturated heterocycles. The summed E-state index contributed by atoms with van der Waals surface area (Å²) < 4.78 is 15.5. The molecule has 0 fully saturated rings. The molecule has 0 radical (unpaired) electrons. The number of hydrogen-bond acceptors (Lipinski definition) is 2. The molecular formula is C11H11BrFN3. The maximum atomic E-state index is 13.0. The van der Waals surface area contributed by atoms with Crippen LogP contribution in [0.4, 0.5) is 4.39 Å². The first-order chi connectivity index (χ1) is 7.59. The van der Waals surface area contributed by atoms with Crippen LogP contribution in [0.25, 0.3) is 5.69 Å². The highest BCUT2D eigenvalue weighted by Gasteiger charge is 2.11. The molecule has 5 heteroatoms. The van der Waals surface area contributed by atoms with Crippen molar-refractivity contribution in [3.05, 3.63) is 46.7 Å². The molecule has 0 saturated carbocycles. The van der Waals surface area contributed by atoms with E-state index in [1.807, 2.05) is 11.5 Å². The molecule has 1 aromatic carbocycles. The number of aromatic nitrogens is 2. The van der Waals surface area contributed by atoms with Gasteiger partial charge in [-0.3, -0.25) is 0 Å². The molecule has 0 unspecified atom stereocenters. The van der Waals surface area contributed by atoms with Gasteiger partial charge in [-0.15, -0.1) is 0 Å². The zero-order chi connectivity index (χ0) is 11.7. The molecule has 0 aliphatic rings. The summed E-state index contributed by atoms with van der Waals surface area (Å²) in [6, 6.07) is 4.39. The summed E-state index contributed by atoms with van der Waals surface area (Å²) in [7, 11) is 0. The first-order valence-corrected chi connectivity index (χ1v) is 5.62. The Morgan fingerprint density at radius 3 is 2.88 bits per heavy atom. The van der Waals surface area contributed by atoms with Crippen molar-refractivity contribution in [1.29, 1.82) is 0 Å². The van der Waals surface area contributed by atoms with Crippen LogP contribution in [0.3, 0.4) is 0 Å². The minimum Gasteiger partial charge on any atom is -0.323 e. The van der Waals surface area contributed by atoms with Gasteiger partial charge in [0.1, 0.15) is 5.82 Å². The summed E-state index contributed by atoms with van der Waals surface area (Å²) in [5.41, 5.74) is 7.53. The molecule has 2 aromatic rings. The van der Waals surface area contributed by atoms with E-state index in [4.69, 9.17) is 5.73 Å². The van der Waals surface area contributed by atoms with Crippen molar-refractivity contribution in [3.63, 3.8) is 0 Å². The Kier molecular flexibility index (Phi) is 3.07. The molecule has 2 N–H and O–H groups in total. The van der Waals surface area contributed by atoms with Crippen molar-refractivity contribution < 1.29 is 4.39 Å². The lowest BCUT2D eigenvalue weighted by Gasteiger charge is -2.12. The molecule has 0 aliphatic carbocycles. The number of rotatable bonds is 2. The van der Waals surface area contributed by atoms with Crippen LogP contribution in [0, 0.1) is 5.82 Å². The van der Waals surface area contributed by atoms with Crippen LogP contribution in [0.15, 0.2) is 35.2 Å². The number of halogens is 2. The fourth-order valence-electron chi connectivity index (χ4n) is 1.52. The Balaban J connectivity index is 2.54. The van der Waals surface area contributed by atoms with Crippen molar-refractivity contribution in [1.82, 2.24) is 9.55 Å². The standard InChI is InChI=1S/C11H11BrFN3/c1-7(14)11-5-15-6-16(11)10-3-2-8(13)4-9(10)12/h2-7H,14H2,1H3/t7-/m0/s1. The Labute approximate surface area is 101 Å². The zero-order valence-electron chi connectivity index (χ0n) is 8.69. The lowest BCUT2D eigenvalue weighted by atomic mass is 10.2. The van der Waals surface area contributed by atoms with E-state index in [0.29, 0.717) is 4.47 Å². The van der Waals surface area contributed by atoms with Gasteiger partial charge in [0.05, 0.1) is 23.9 Å². The molecule has 0 aliphatic heterocycles. The third kappa shape index (κ3) is 2.01. The van der Waals surface area contributed by atoms with Crippen molar-refractivity contribution >= 4 is 15.9 Å². The first kappa shape index (κ1) is 11.3.